The van der Waals surface area contributed by atoms with Crippen molar-refractivity contribution in [2.45, 2.75) is 26.2 Å². The lowest BCUT2D eigenvalue weighted by Crippen LogP contribution is -2.30. The van der Waals surface area contributed by atoms with Gasteiger partial charge in [-0.05, 0) is 30.2 Å². The lowest BCUT2D eigenvalue weighted by Gasteiger charge is -2.16. The van der Waals surface area contributed by atoms with E-state index in [1.165, 1.54) is 0 Å². The van der Waals surface area contributed by atoms with E-state index in [0.717, 1.165) is 5.56 Å². The van der Waals surface area contributed by atoms with Crippen LogP contribution in [0.1, 0.15) is 31.7 Å². The van der Waals surface area contributed by atoms with Gasteiger partial charge in [0.05, 0.1) is 0 Å². The molecule has 1 aromatic rings. The molecule has 0 aromatic heterocycles. The SMILES string of the molecule is CC(C)CNC(=O)CC(CN)c1cccc(Cl)c1. The third kappa shape index (κ3) is 5.07. The van der Waals surface area contributed by atoms with Crippen molar-refractivity contribution in [3.63, 3.8) is 0 Å². The summed E-state index contributed by atoms with van der Waals surface area (Å²) in [5.41, 5.74) is 6.75. The molecular formula is C14H21ClN2O. The Bertz CT molecular complexity index is 393. The van der Waals surface area contributed by atoms with Gasteiger partial charge in [0.1, 0.15) is 0 Å². The van der Waals surface area contributed by atoms with Crippen molar-refractivity contribution in [3.05, 3.63) is 34.9 Å². The summed E-state index contributed by atoms with van der Waals surface area (Å²) in [5, 5.41) is 3.58. The van der Waals surface area contributed by atoms with Crippen molar-refractivity contribution in [2.75, 3.05) is 13.1 Å². The lowest BCUT2D eigenvalue weighted by molar-refractivity contribution is -0.121. The summed E-state index contributed by atoms with van der Waals surface area (Å²) < 4.78 is 0. The summed E-state index contributed by atoms with van der Waals surface area (Å²) in [4.78, 5) is 11.8. The Kier molecular flexibility index (Phi) is 6.16. The molecule has 0 aliphatic rings. The second-order valence-electron chi connectivity index (χ2n) is 4.89. The standard InChI is InChI=1S/C14H21ClN2O/c1-10(2)9-17-14(18)7-12(8-16)11-4-3-5-13(15)6-11/h3-6,10,12H,7-9,16H2,1-2H3,(H,17,18). The van der Waals surface area contributed by atoms with Crippen molar-refractivity contribution in [3.8, 4) is 0 Å². The molecule has 0 aliphatic carbocycles. The van der Waals surface area contributed by atoms with E-state index in [-0.39, 0.29) is 11.8 Å². The molecular weight excluding hydrogens is 248 g/mol. The van der Waals surface area contributed by atoms with Gasteiger partial charge in [0.15, 0.2) is 0 Å². The fourth-order valence-corrected chi connectivity index (χ4v) is 1.91. The van der Waals surface area contributed by atoms with E-state index in [9.17, 15) is 4.79 Å². The Hall–Kier alpha value is -1.06. The quantitative estimate of drug-likeness (QED) is 0.833. The van der Waals surface area contributed by atoms with Gasteiger partial charge in [0.25, 0.3) is 0 Å². The van der Waals surface area contributed by atoms with Crippen LogP contribution in [0.2, 0.25) is 5.02 Å². The third-order valence-electron chi connectivity index (χ3n) is 2.74. The zero-order valence-corrected chi connectivity index (χ0v) is 11.7. The number of carbonyl (C=O) groups excluding carboxylic acids is 1. The number of hydrogen-bond acceptors (Lipinski definition) is 2. The zero-order valence-electron chi connectivity index (χ0n) is 10.9. The first-order chi connectivity index (χ1) is 8.52. The largest absolute Gasteiger partial charge is 0.356 e. The zero-order chi connectivity index (χ0) is 13.5. The van der Waals surface area contributed by atoms with E-state index >= 15 is 0 Å². The molecule has 0 aliphatic heterocycles. The van der Waals surface area contributed by atoms with Crippen LogP contribution < -0.4 is 11.1 Å². The Balaban J connectivity index is 2.59. The molecule has 1 unspecified atom stereocenters. The number of amides is 1. The normalized spacial score (nSPS) is 12.5. The minimum Gasteiger partial charge on any atom is -0.356 e. The molecule has 1 aromatic carbocycles. The van der Waals surface area contributed by atoms with Gasteiger partial charge in [-0.2, -0.15) is 0 Å². The maximum absolute atomic E-state index is 11.8. The summed E-state index contributed by atoms with van der Waals surface area (Å²) in [5.74, 6) is 0.520. The smallest absolute Gasteiger partial charge is 0.220 e. The monoisotopic (exact) mass is 268 g/mol. The molecule has 0 fully saturated rings. The molecule has 1 rings (SSSR count). The van der Waals surface area contributed by atoms with Crippen molar-refractivity contribution in [2.24, 2.45) is 11.7 Å². The molecule has 0 spiro atoms. The highest BCUT2D eigenvalue weighted by molar-refractivity contribution is 6.30. The molecule has 0 saturated heterocycles. The predicted octanol–water partition coefficient (Wildman–Crippen LogP) is 2.54. The van der Waals surface area contributed by atoms with Crippen LogP contribution in [-0.4, -0.2) is 19.0 Å². The topological polar surface area (TPSA) is 55.1 Å². The predicted molar refractivity (Wildman–Crippen MR) is 75.7 cm³/mol. The molecule has 100 valence electrons. The maximum Gasteiger partial charge on any atom is 0.220 e. The molecule has 3 N–H and O–H groups in total. The molecule has 18 heavy (non-hydrogen) atoms. The molecule has 1 amide bonds. The number of nitrogens with two attached hydrogens (primary N) is 1. The van der Waals surface area contributed by atoms with Crippen LogP contribution in [0.15, 0.2) is 24.3 Å². The number of nitrogens with one attached hydrogen (secondary N) is 1. The highest BCUT2D eigenvalue weighted by atomic mass is 35.5. The highest BCUT2D eigenvalue weighted by Crippen LogP contribution is 2.21. The second kappa shape index (κ2) is 7.39. The number of rotatable bonds is 6. The molecule has 0 radical (unpaired) electrons. The first kappa shape index (κ1) is 15.0. The van der Waals surface area contributed by atoms with Crippen LogP contribution in [-0.2, 0) is 4.79 Å². The Morgan fingerprint density at radius 3 is 2.72 bits per heavy atom. The molecule has 0 bridgehead atoms. The van der Waals surface area contributed by atoms with E-state index in [0.29, 0.717) is 30.5 Å². The average Bonchev–Trinajstić information content (AvgIpc) is 2.33. The summed E-state index contributed by atoms with van der Waals surface area (Å²) in [6, 6.07) is 7.53. The van der Waals surface area contributed by atoms with Crippen LogP contribution in [0.3, 0.4) is 0 Å². The van der Waals surface area contributed by atoms with E-state index in [2.05, 4.69) is 19.2 Å². The van der Waals surface area contributed by atoms with Crippen LogP contribution in [0, 0.1) is 5.92 Å². The number of benzene rings is 1. The first-order valence-corrected chi connectivity index (χ1v) is 6.63. The van der Waals surface area contributed by atoms with Crippen molar-refractivity contribution in [1.29, 1.82) is 0 Å². The second-order valence-corrected chi connectivity index (χ2v) is 5.33. The van der Waals surface area contributed by atoms with E-state index in [4.69, 9.17) is 17.3 Å². The van der Waals surface area contributed by atoms with Gasteiger partial charge < -0.3 is 11.1 Å². The van der Waals surface area contributed by atoms with Crippen molar-refractivity contribution < 1.29 is 4.79 Å². The minimum atomic E-state index is 0.0239. The number of halogens is 1. The van der Waals surface area contributed by atoms with E-state index in [1.807, 2.05) is 24.3 Å². The molecule has 3 nitrogen and oxygen atoms in total. The fraction of sp³-hybridized carbons (Fsp3) is 0.500. The molecule has 0 heterocycles. The summed E-state index contributed by atoms with van der Waals surface area (Å²) in [6.45, 7) is 5.27. The minimum absolute atomic E-state index is 0.0239. The van der Waals surface area contributed by atoms with Crippen LogP contribution in [0.25, 0.3) is 0 Å². The van der Waals surface area contributed by atoms with Crippen LogP contribution in [0.5, 0.6) is 0 Å². The summed E-state index contributed by atoms with van der Waals surface area (Å²) in [6.07, 6.45) is 0.406. The molecule has 4 heteroatoms. The van der Waals surface area contributed by atoms with Gasteiger partial charge in [-0.25, -0.2) is 0 Å². The Morgan fingerprint density at radius 1 is 1.44 bits per heavy atom. The van der Waals surface area contributed by atoms with Gasteiger partial charge in [-0.15, -0.1) is 0 Å². The Labute approximate surface area is 114 Å². The van der Waals surface area contributed by atoms with Crippen molar-refractivity contribution in [1.82, 2.24) is 5.32 Å². The molecule has 1 atom stereocenters. The highest BCUT2D eigenvalue weighted by Gasteiger charge is 2.14. The van der Waals surface area contributed by atoms with E-state index < -0.39 is 0 Å². The van der Waals surface area contributed by atoms with E-state index in [1.54, 1.807) is 0 Å². The third-order valence-corrected chi connectivity index (χ3v) is 2.98. The fourth-order valence-electron chi connectivity index (χ4n) is 1.71. The Morgan fingerprint density at radius 2 is 2.17 bits per heavy atom. The van der Waals surface area contributed by atoms with Gasteiger partial charge in [-0.1, -0.05) is 37.6 Å². The first-order valence-electron chi connectivity index (χ1n) is 6.25. The molecule has 0 saturated carbocycles. The summed E-state index contributed by atoms with van der Waals surface area (Å²) >= 11 is 5.94. The van der Waals surface area contributed by atoms with Gasteiger partial charge >= 0.3 is 0 Å². The van der Waals surface area contributed by atoms with Gasteiger partial charge in [0.2, 0.25) is 5.91 Å². The average molecular weight is 269 g/mol. The van der Waals surface area contributed by atoms with Gasteiger partial charge in [-0.3, -0.25) is 4.79 Å². The number of carbonyl (C=O) groups is 1. The summed E-state index contributed by atoms with van der Waals surface area (Å²) in [7, 11) is 0. The maximum atomic E-state index is 11.8. The lowest BCUT2D eigenvalue weighted by atomic mass is 9.95. The van der Waals surface area contributed by atoms with Gasteiger partial charge in [0, 0.05) is 23.9 Å². The van der Waals surface area contributed by atoms with Crippen molar-refractivity contribution >= 4 is 17.5 Å². The number of hydrogen-bond donors (Lipinski definition) is 2. The van der Waals surface area contributed by atoms with Crippen LogP contribution >= 0.6 is 11.6 Å². The van der Waals surface area contributed by atoms with Crippen LogP contribution in [0.4, 0.5) is 0 Å².